The predicted octanol–water partition coefficient (Wildman–Crippen LogP) is 3.26. The molecule has 18 heavy (non-hydrogen) atoms. The quantitative estimate of drug-likeness (QED) is 0.905. The van der Waals surface area contributed by atoms with Gasteiger partial charge in [-0.3, -0.25) is 4.79 Å². The summed E-state index contributed by atoms with van der Waals surface area (Å²) >= 11 is 0. The largest absolute Gasteiger partial charge is 0.481 e. The van der Waals surface area contributed by atoms with Crippen LogP contribution in [0.25, 0.3) is 11.1 Å². The molecule has 0 unspecified atom stereocenters. The van der Waals surface area contributed by atoms with Gasteiger partial charge in [-0.25, -0.2) is 8.78 Å². The standard InChI is InChI=1S/C14H10F2O2/c15-12-6-2-1-4-10(12)9-5-3-7-13(16)11(9)8-14(17)18/h1-7H,8H2,(H,17,18). The van der Waals surface area contributed by atoms with E-state index in [1.54, 1.807) is 6.07 Å². The maximum absolute atomic E-state index is 13.7. The highest BCUT2D eigenvalue weighted by Crippen LogP contribution is 2.28. The van der Waals surface area contributed by atoms with E-state index in [2.05, 4.69) is 0 Å². The molecule has 2 nitrogen and oxygen atoms in total. The molecule has 1 N–H and O–H groups in total. The fraction of sp³-hybridized carbons (Fsp3) is 0.0714. The molecule has 4 heteroatoms. The number of benzene rings is 2. The average molecular weight is 248 g/mol. The third-order valence-corrected chi connectivity index (χ3v) is 2.61. The zero-order chi connectivity index (χ0) is 13.1. The lowest BCUT2D eigenvalue weighted by Crippen LogP contribution is -2.05. The number of hydrogen-bond donors (Lipinski definition) is 1. The molecule has 0 aromatic heterocycles. The first-order valence-electron chi connectivity index (χ1n) is 5.33. The molecule has 0 aliphatic rings. The van der Waals surface area contributed by atoms with E-state index in [-0.39, 0.29) is 16.7 Å². The van der Waals surface area contributed by atoms with E-state index < -0.39 is 24.0 Å². The van der Waals surface area contributed by atoms with Crippen molar-refractivity contribution in [2.45, 2.75) is 6.42 Å². The second-order valence-corrected chi connectivity index (χ2v) is 3.82. The molecule has 0 bridgehead atoms. The van der Waals surface area contributed by atoms with Crippen molar-refractivity contribution in [2.24, 2.45) is 0 Å². The molecule has 0 aliphatic carbocycles. The molecule has 0 spiro atoms. The number of aliphatic carboxylic acids is 1. The number of rotatable bonds is 3. The van der Waals surface area contributed by atoms with Crippen LogP contribution in [-0.4, -0.2) is 11.1 Å². The third-order valence-electron chi connectivity index (χ3n) is 2.61. The smallest absolute Gasteiger partial charge is 0.307 e. The molecular weight excluding hydrogens is 238 g/mol. The Morgan fingerprint density at radius 1 is 0.944 bits per heavy atom. The summed E-state index contributed by atoms with van der Waals surface area (Å²) in [5.74, 6) is -2.30. The van der Waals surface area contributed by atoms with Gasteiger partial charge in [-0.15, -0.1) is 0 Å². The van der Waals surface area contributed by atoms with Crippen molar-refractivity contribution in [2.75, 3.05) is 0 Å². The molecule has 0 saturated heterocycles. The van der Waals surface area contributed by atoms with Gasteiger partial charge < -0.3 is 5.11 Å². The first kappa shape index (κ1) is 12.2. The van der Waals surface area contributed by atoms with Crippen LogP contribution in [0.1, 0.15) is 5.56 Å². The molecule has 0 saturated carbocycles. The molecule has 0 amide bonds. The fourth-order valence-corrected chi connectivity index (χ4v) is 1.82. The van der Waals surface area contributed by atoms with Gasteiger partial charge >= 0.3 is 5.97 Å². The van der Waals surface area contributed by atoms with Crippen molar-refractivity contribution in [1.29, 1.82) is 0 Å². The Kier molecular flexibility index (Phi) is 3.37. The van der Waals surface area contributed by atoms with E-state index >= 15 is 0 Å². The lowest BCUT2D eigenvalue weighted by atomic mass is 9.97. The summed E-state index contributed by atoms with van der Waals surface area (Å²) in [7, 11) is 0. The molecule has 0 atom stereocenters. The maximum atomic E-state index is 13.7. The molecule has 0 fully saturated rings. The van der Waals surface area contributed by atoms with E-state index in [1.165, 1.54) is 36.4 Å². The lowest BCUT2D eigenvalue weighted by Gasteiger charge is -2.09. The Morgan fingerprint density at radius 3 is 2.22 bits per heavy atom. The average Bonchev–Trinajstić information content (AvgIpc) is 2.32. The lowest BCUT2D eigenvalue weighted by molar-refractivity contribution is -0.136. The maximum Gasteiger partial charge on any atom is 0.307 e. The molecule has 0 radical (unpaired) electrons. The van der Waals surface area contributed by atoms with E-state index in [0.29, 0.717) is 0 Å². The van der Waals surface area contributed by atoms with Crippen LogP contribution >= 0.6 is 0 Å². The van der Waals surface area contributed by atoms with Crippen LogP contribution in [0.15, 0.2) is 42.5 Å². The highest BCUT2D eigenvalue weighted by Gasteiger charge is 2.15. The second-order valence-electron chi connectivity index (χ2n) is 3.82. The van der Waals surface area contributed by atoms with Crippen LogP contribution in [0.2, 0.25) is 0 Å². The van der Waals surface area contributed by atoms with Crippen molar-refractivity contribution in [1.82, 2.24) is 0 Å². The third kappa shape index (κ3) is 2.37. The minimum absolute atomic E-state index is 0.00454. The summed E-state index contributed by atoms with van der Waals surface area (Å²) in [6.45, 7) is 0. The van der Waals surface area contributed by atoms with Crippen LogP contribution in [0.3, 0.4) is 0 Å². The Labute approximate surface area is 103 Å². The second kappa shape index (κ2) is 4.96. The number of hydrogen-bond acceptors (Lipinski definition) is 1. The summed E-state index contributed by atoms with van der Waals surface area (Å²) in [6.07, 6.45) is -0.476. The molecular formula is C14H10F2O2. The summed E-state index contributed by atoms with van der Waals surface area (Å²) in [6, 6.07) is 10.0. The van der Waals surface area contributed by atoms with E-state index in [0.717, 1.165) is 0 Å². The van der Waals surface area contributed by atoms with Crippen molar-refractivity contribution in [3.8, 4) is 11.1 Å². The van der Waals surface area contributed by atoms with Gasteiger partial charge in [0.25, 0.3) is 0 Å². The summed E-state index contributed by atoms with van der Waals surface area (Å²) in [5.41, 5.74) is 0.471. The molecule has 2 aromatic rings. The van der Waals surface area contributed by atoms with Crippen LogP contribution in [-0.2, 0) is 11.2 Å². The Balaban J connectivity index is 2.61. The van der Waals surface area contributed by atoms with Crippen LogP contribution < -0.4 is 0 Å². The van der Waals surface area contributed by atoms with Crippen LogP contribution in [0, 0.1) is 11.6 Å². The van der Waals surface area contributed by atoms with E-state index in [1.807, 2.05) is 0 Å². The van der Waals surface area contributed by atoms with Gasteiger partial charge in [0.2, 0.25) is 0 Å². The highest BCUT2D eigenvalue weighted by molar-refractivity contribution is 5.77. The van der Waals surface area contributed by atoms with Gasteiger partial charge in [-0.1, -0.05) is 30.3 Å². The predicted molar refractivity (Wildman–Crippen MR) is 63.1 cm³/mol. The molecule has 2 aromatic carbocycles. The van der Waals surface area contributed by atoms with Gasteiger partial charge in [-0.2, -0.15) is 0 Å². The number of halogens is 2. The normalized spacial score (nSPS) is 10.3. The minimum atomic E-state index is -1.15. The number of carboxylic acids is 1. The van der Waals surface area contributed by atoms with Gasteiger partial charge in [0.15, 0.2) is 0 Å². The van der Waals surface area contributed by atoms with Crippen molar-refractivity contribution in [3.63, 3.8) is 0 Å². The van der Waals surface area contributed by atoms with Crippen molar-refractivity contribution >= 4 is 5.97 Å². The monoisotopic (exact) mass is 248 g/mol. The molecule has 0 heterocycles. The van der Waals surface area contributed by atoms with Gasteiger partial charge in [0.05, 0.1) is 6.42 Å². The highest BCUT2D eigenvalue weighted by atomic mass is 19.1. The van der Waals surface area contributed by atoms with Crippen molar-refractivity contribution < 1.29 is 18.7 Å². The molecule has 92 valence electrons. The first-order valence-corrected chi connectivity index (χ1v) is 5.33. The zero-order valence-electron chi connectivity index (χ0n) is 9.36. The van der Waals surface area contributed by atoms with Crippen molar-refractivity contribution in [3.05, 3.63) is 59.7 Å². The van der Waals surface area contributed by atoms with E-state index in [9.17, 15) is 13.6 Å². The number of carbonyl (C=O) groups is 1. The minimum Gasteiger partial charge on any atom is -0.481 e. The Bertz CT molecular complexity index is 594. The van der Waals surface area contributed by atoms with Gasteiger partial charge in [0.1, 0.15) is 11.6 Å². The molecule has 0 aliphatic heterocycles. The first-order chi connectivity index (χ1) is 8.59. The Hall–Kier alpha value is -2.23. The SMILES string of the molecule is O=C(O)Cc1c(F)cccc1-c1ccccc1F. The summed E-state index contributed by atoms with van der Waals surface area (Å²) in [5, 5.41) is 8.77. The van der Waals surface area contributed by atoms with Gasteiger partial charge in [-0.05, 0) is 17.7 Å². The van der Waals surface area contributed by atoms with Crippen LogP contribution in [0.5, 0.6) is 0 Å². The summed E-state index contributed by atoms with van der Waals surface area (Å²) in [4.78, 5) is 10.7. The Morgan fingerprint density at radius 2 is 1.56 bits per heavy atom. The fourth-order valence-electron chi connectivity index (χ4n) is 1.82. The van der Waals surface area contributed by atoms with Crippen LogP contribution in [0.4, 0.5) is 8.78 Å². The zero-order valence-corrected chi connectivity index (χ0v) is 9.36. The molecule has 2 rings (SSSR count). The van der Waals surface area contributed by atoms with Gasteiger partial charge in [0, 0.05) is 11.1 Å². The summed E-state index contributed by atoms with van der Waals surface area (Å²) < 4.78 is 27.3. The number of carboxylic acid groups (broad SMARTS) is 1. The topological polar surface area (TPSA) is 37.3 Å². The van der Waals surface area contributed by atoms with E-state index in [4.69, 9.17) is 5.11 Å².